The third kappa shape index (κ3) is 1.87. The van der Waals surface area contributed by atoms with Crippen LogP contribution in [0.1, 0.15) is 24.6 Å². The molecule has 0 bridgehead atoms. The summed E-state index contributed by atoms with van der Waals surface area (Å²) < 4.78 is 10.7. The summed E-state index contributed by atoms with van der Waals surface area (Å²) in [6.45, 7) is 0.749. The third-order valence-electron chi connectivity index (χ3n) is 3.12. The lowest BCUT2D eigenvalue weighted by atomic mass is 10.0. The van der Waals surface area contributed by atoms with Gasteiger partial charge in [-0.2, -0.15) is 0 Å². The maximum atomic E-state index is 6.20. The quantitative estimate of drug-likeness (QED) is 0.903. The Balaban J connectivity index is 2.11. The third-order valence-corrected chi connectivity index (χ3v) is 3.45. The van der Waals surface area contributed by atoms with E-state index in [0.717, 1.165) is 36.3 Å². The first-order valence-corrected chi connectivity index (χ1v) is 6.26. The van der Waals surface area contributed by atoms with Gasteiger partial charge in [-0.05, 0) is 18.9 Å². The van der Waals surface area contributed by atoms with E-state index in [9.17, 15) is 0 Å². The Morgan fingerprint density at radius 2 is 2.17 bits per heavy atom. The molecule has 2 N–H and O–H groups in total. The van der Waals surface area contributed by atoms with Crippen LogP contribution < -0.4 is 5.73 Å². The average Bonchev–Trinajstić information content (AvgIpc) is 2.99. The molecule has 1 unspecified atom stereocenters. The number of hydrogen-bond donors (Lipinski definition) is 1. The van der Waals surface area contributed by atoms with Gasteiger partial charge < -0.3 is 15.0 Å². The van der Waals surface area contributed by atoms with E-state index in [1.807, 2.05) is 24.3 Å². The maximum absolute atomic E-state index is 6.20. The van der Waals surface area contributed by atoms with Crippen molar-refractivity contribution < 1.29 is 9.26 Å². The SMILES string of the molecule is Nc1onc(C2CCCO2)c1-c1ccccc1Cl. The fourth-order valence-electron chi connectivity index (χ4n) is 2.26. The highest BCUT2D eigenvalue weighted by Gasteiger charge is 2.27. The molecule has 0 amide bonds. The molecule has 5 heteroatoms. The van der Waals surface area contributed by atoms with Crippen LogP contribution in [0.3, 0.4) is 0 Å². The van der Waals surface area contributed by atoms with Crippen LogP contribution in [0, 0.1) is 0 Å². The van der Waals surface area contributed by atoms with Crippen molar-refractivity contribution in [3.8, 4) is 11.1 Å². The van der Waals surface area contributed by atoms with Crippen molar-refractivity contribution in [2.24, 2.45) is 0 Å². The Morgan fingerprint density at radius 1 is 1.33 bits per heavy atom. The van der Waals surface area contributed by atoms with Gasteiger partial charge in [0, 0.05) is 17.2 Å². The number of nitrogens with zero attached hydrogens (tertiary/aromatic N) is 1. The molecule has 18 heavy (non-hydrogen) atoms. The molecule has 1 aliphatic rings. The first-order chi connectivity index (χ1) is 8.77. The standard InChI is InChI=1S/C13H13ClN2O2/c14-9-5-2-1-4-8(9)11-12(16-18-13(11)15)10-6-3-7-17-10/h1-2,4-5,10H,3,6-7,15H2. The first-order valence-electron chi connectivity index (χ1n) is 5.89. The van der Waals surface area contributed by atoms with E-state index in [1.54, 1.807) is 0 Å². The number of anilines is 1. The van der Waals surface area contributed by atoms with Crippen LogP contribution in [0.2, 0.25) is 5.02 Å². The van der Waals surface area contributed by atoms with Gasteiger partial charge in [-0.3, -0.25) is 0 Å². The van der Waals surface area contributed by atoms with Crippen molar-refractivity contribution in [3.63, 3.8) is 0 Å². The molecule has 0 saturated carbocycles. The molecule has 1 saturated heterocycles. The second-order valence-corrected chi connectivity index (χ2v) is 4.70. The van der Waals surface area contributed by atoms with Gasteiger partial charge in [0.25, 0.3) is 0 Å². The highest BCUT2D eigenvalue weighted by molar-refractivity contribution is 6.33. The number of aromatic nitrogens is 1. The summed E-state index contributed by atoms with van der Waals surface area (Å²) in [4.78, 5) is 0. The summed E-state index contributed by atoms with van der Waals surface area (Å²) in [6, 6.07) is 7.51. The van der Waals surface area contributed by atoms with Gasteiger partial charge in [-0.15, -0.1) is 0 Å². The molecule has 0 radical (unpaired) electrons. The summed E-state index contributed by atoms with van der Waals surface area (Å²) in [6.07, 6.45) is 1.92. The van der Waals surface area contributed by atoms with E-state index in [2.05, 4.69) is 5.16 Å². The van der Waals surface area contributed by atoms with E-state index in [-0.39, 0.29) is 12.0 Å². The van der Waals surface area contributed by atoms with Gasteiger partial charge in [0.2, 0.25) is 5.88 Å². The van der Waals surface area contributed by atoms with Crippen molar-refractivity contribution >= 4 is 17.5 Å². The fourth-order valence-corrected chi connectivity index (χ4v) is 2.49. The van der Waals surface area contributed by atoms with Crippen LogP contribution in [0.15, 0.2) is 28.8 Å². The molecule has 0 spiro atoms. The minimum atomic E-state index is -0.0441. The molecule has 1 aromatic carbocycles. The minimum absolute atomic E-state index is 0.0441. The van der Waals surface area contributed by atoms with Gasteiger partial charge in [-0.25, -0.2) is 0 Å². The van der Waals surface area contributed by atoms with Crippen LogP contribution >= 0.6 is 11.6 Å². The summed E-state index contributed by atoms with van der Waals surface area (Å²) in [7, 11) is 0. The van der Waals surface area contributed by atoms with Crippen LogP contribution in [-0.4, -0.2) is 11.8 Å². The second kappa shape index (κ2) is 4.63. The molecule has 2 aromatic rings. The van der Waals surface area contributed by atoms with Crippen molar-refractivity contribution in [3.05, 3.63) is 35.0 Å². The molecule has 94 valence electrons. The molecule has 1 atom stereocenters. The molecule has 2 heterocycles. The Morgan fingerprint density at radius 3 is 2.89 bits per heavy atom. The van der Waals surface area contributed by atoms with Crippen LogP contribution in [0.25, 0.3) is 11.1 Å². The average molecular weight is 265 g/mol. The Labute approximate surface area is 110 Å². The smallest absolute Gasteiger partial charge is 0.230 e. The summed E-state index contributed by atoms with van der Waals surface area (Å²) in [5.74, 6) is 0.286. The normalized spacial score (nSPS) is 19.3. The molecule has 1 aliphatic heterocycles. The minimum Gasteiger partial charge on any atom is -0.372 e. The van der Waals surface area contributed by atoms with Gasteiger partial charge in [0.05, 0.1) is 5.56 Å². The Hall–Kier alpha value is -1.52. The van der Waals surface area contributed by atoms with Gasteiger partial charge >= 0.3 is 0 Å². The number of halogens is 1. The van der Waals surface area contributed by atoms with E-state index in [0.29, 0.717) is 5.02 Å². The molecule has 0 aliphatic carbocycles. The fraction of sp³-hybridized carbons (Fsp3) is 0.308. The zero-order valence-electron chi connectivity index (χ0n) is 9.73. The molecular formula is C13H13ClN2O2. The van der Waals surface area contributed by atoms with Crippen molar-refractivity contribution in [2.45, 2.75) is 18.9 Å². The topological polar surface area (TPSA) is 61.3 Å². The zero-order valence-corrected chi connectivity index (χ0v) is 10.5. The van der Waals surface area contributed by atoms with E-state index in [1.165, 1.54) is 0 Å². The lowest BCUT2D eigenvalue weighted by Crippen LogP contribution is -1.99. The van der Waals surface area contributed by atoms with Crippen LogP contribution in [-0.2, 0) is 4.74 Å². The van der Waals surface area contributed by atoms with E-state index >= 15 is 0 Å². The van der Waals surface area contributed by atoms with Crippen molar-refractivity contribution in [1.82, 2.24) is 5.16 Å². The number of nitrogens with two attached hydrogens (primary N) is 1. The Bertz CT molecular complexity index is 562. The number of hydrogen-bond acceptors (Lipinski definition) is 4. The monoisotopic (exact) mass is 264 g/mol. The predicted molar refractivity (Wildman–Crippen MR) is 69.3 cm³/mol. The highest BCUT2D eigenvalue weighted by Crippen LogP contribution is 2.40. The second-order valence-electron chi connectivity index (χ2n) is 4.29. The zero-order chi connectivity index (χ0) is 12.5. The molecular weight excluding hydrogens is 252 g/mol. The Kier molecular flexibility index (Phi) is 2.97. The first kappa shape index (κ1) is 11.6. The molecule has 3 rings (SSSR count). The van der Waals surface area contributed by atoms with Gasteiger partial charge in [0.1, 0.15) is 11.8 Å². The highest BCUT2D eigenvalue weighted by atomic mass is 35.5. The summed E-state index contributed by atoms with van der Waals surface area (Å²) in [5.41, 5.74) is 8.21. The number of nitrogen functional groups attached to an aromatic ring is 1. The molecule has 4 nitrogen and oxygen atoms in total. The molecule has 1 fully saturated rings. The lowest BCUT2D eigenvalue weighted by molar-refractivity contribution is 0.106. The summed E-state index contributed by atoms with van der Waals surface area (Å²) in [5, 5.41) is 4.66. The number of rotatable bonds is 2. The lowest BCUT2D eigenvalue weighted by Gasteiger charge is -2.09. The van der Waals surface area contributed by atoms with E-state index < -0.39 is 0 Å². The predicted octanol–water partition coefficient (Wildman–Crippen LogP) is 3.43. The maximum Gasteiger partial charge on any atom is 0.230 e. The molecule has 1 aromatic heterocycles. The van der Waals surface area contributed by atoms with Crippen LogP contribution in [0.5, 0.6) is 0 Å². The van der Waals surface area contributed by atoms with E-state index in [4.69, 9.17) is 26.6 Å². The van der Waals surface area contributed by atoms with Crippen LogP contribution in [0.4, 0.5) is 5.88 Å². The summed E-state index contributed by atoms with van der Waals surface area (Å²) >= 11 is 6.20. The number of ether oxygens (including phenoxy) is 1. The van der Waals surface area contributed by atoms with Crippen molar-refractivity contribution in [2.75, 3.05) is 12.3 Å². The number of benzene rings is 1. The van der Waals surface area contributed by atoms with Gasteiger partial charge in [0.15, 0.2) is 0 Å². The van der Waals surface area contributed by atoms with Crippen molar-refractivity contribution in [1.29, 1.82) is 0 Å². The van der Waals surface area contributed by atoms with Gasteiger partial charge in [-0.1, -0.05) is 35.0 Å². The largest absolute Gasteiger partial charge is 0.372 e.